The Bertz CT molecular complexity index is 1310. The van der Waals surface area contributed by atoms with Gasteiger partial charge in [-0.15, -0.1) is 15.3 Å². The van der Waals surface area contributed by atoms with Gasteiger partial charge in [-0.3, -0.25) is 0 Å². The van der Waals surface area contributed by atoms with Crippen LogP contribution >= 0.6 is 11.6 Å². The summed E-state index contributed by atoms with van der Waals surface area (Å²) in [5.41, 5.74) is 3.48. The number of phenolic OH excluding ortho intramolecular Hbond substituents is 1. The first-order valence-corrected chi connectivity index (χ1v) is 9.06. The number of H-pyrrole nitrogens is 1. The first-order valence-electron chi connectivity index (χ1n) is 8.69. The van der Waals surface area contributed by atoms with Crippen molar-refractivity contribution in [1.82, 2.24) is 24.8 Å². The molecule has 7 nitrogen and oxygen atoms in total. The number of nitrogens with one attached hydrogen (secondary N) is 2. The molecule has 0 radical (unpaired) electrons. The average molecular weight is 391 g/mol. The Labute approximate surface area is 164 Å². The molecule has 0 unspecified atom stereocenters. The highest BCUT2D eigenvalue weighted by Crippen LogP contribution is 2.25. The fraction of sp³-hybridized carbons (Fsp3) is 0.0500. The summed E-state index contributed by atoms with van der Waals surface area (Å²) in [4.78, 5) is 3.21. The fourth-order valence-electron chi connectivity index (χ4n) is 3.21. The summed E-state index contributed by atoms with van der Waals surface area (Å²) >= 11 is 6.05. The van der Waals surface area contributed by atoms with Crippen LogP contribution in [0.5, 0.6) is 5.75 Å². The number of halogens is 1. The van der Waals surface area contributed by atoms with Gasteiger partial charge in [0.05, 0.1) is 0 Å². The van der Waals surface area contributed by atoms with E-state index in [-0.39, 0.29) is 5.75 Å². The Morgan fingerprint density at radius 1 is 1.07 bits per heavy atom. The summed E-state index contributed by atoms with van der Waals surface area (Å²) in [6.45, 7) is 0. The van der Waals surface area contributed by atoms with Gasteiger partial charge in [-0.05, 0) is 54.1 Å². The molecule has 0 aliphatic carbocycles. The first-order chi connectivity index (χ1) is 13.7. The van der Waals surface area contributed by atoms with Crippen LogP contribution in [0.4, 0.5) is 11.5 Å². The molecular formula is C20H15ClN6O. The summed E-state index contributed by atoms with van der Waals surface area (Å²) in [7, 11) is 0. The smallest absolute Gasteiger partial charge is 0.178 e. The van der Waals surface area contributed by atoms with Crippen LogP contribution in [0.15, 0.2) is 60.8 Å². The van der Waals surface area contributed by atoms with Crippen molar-refractivity contribution >= 4 is 39.7 Å². The van der Waals surface area contributed by atoms with Crippen molar-refractivity contribution in [1.29, 1.82) is 0 Å². The van der Waals surface area contributed by atoms with Gasteiger partial charge in [-0.2, -0.15) is 4.52 Å². The zero-order chi connectivity index (χ0) is 19.1. The van der Waals surface area contributed by atoms with E-state index in [1.54, 1.807) is 16.6 Å². The maximum Gasteiger partial charge on any atom is 0.178 e. The average Bonchev–Trinajstić information content (AvgIpc) is 3.26. The van der Waals surface area contributed by atoms with Gasteiger partial charge in [-0.25, -0.2) is 0 Å². The van der Waals surface area contributed by atoms with Crippen LogP contribution in [0.1, 0.15) is 11.4 Å². The van der Waals surface area contributed by atoms with Gasteiger partial charge < -0.3 is 15.4 Å². The number of anilines is 2. The summed E-state index contributed by atoms with van der Waals surface area (Å²) < 4.78 is 1.72. The van der Waals surface area contributed by atoms with Gasteiger partial charge in [0.15, 0.2) is 17.3 Å². The number of hydrogen-bond donors (Lipinski definition) is 3. The molecule has 3 N–H and O–H groups in total. The van der Waals surface area contributed by atoms with Crippen LogP contribution in [-0.2, 0) is 6.42 Å². The van der Waals surface area contributed by atoms with Crippen molar-refractivity contribution in [3.8, 4) is 5.75 Å². The Morgan fingerprint density at radius 3 is 2.89 bits per heavy atom. The van der Waals surface area contributed by atoms with E-state index < -0.39 is 0 Å². The zero-order valence-electron chi connectivity index (χ0n) is 14.6. The monoisotopic (exact) mass is 390 g/mol. The van der Waals surface area contributed by atoms with Crippen LogP contribution in [0.2, 0.25) is 5.02 Å². The summed E-state index contributed by atoms with van der Waals surface area (Å²) in [5.74, 6) is 1.59. The van der Waals surface area contributed by atoms with Crippen LogP contribution in [0.25, 0.3) is 16.6 Å². The summed E-state index contributed by atoms with van der Waals surface area (Å²) in [6.07, 6.45) is 2.44. The van der Waals surface area contributed by atoms with Gasteiger partial charge in [0, 0.05) is 34.2 Å². The van der Waals surface area contributed by atoms with Gasteiger partial charge in [0.1, 0.15) is 5.75 Å². The SMILES string of the molecule is Oc1ccc2[nH]cc(Cc3nnc4ccc(Nc5cccc(Cl)c5)nn34)c2c1. The third kappa shape index (κ3) is 3.01. The number of aromatic amines is 1. The van der Waals surface area contributed by atoms with Gasteiger partial charge in [-0.1, -0.05) is 17.7 Å². The maximum absolute atomic E-state index is 9.79. The van der Waals surface area contributed by atoms with E-state index in [0.717, 1.165) is 22.2 Å². The van der Waals surface area contributed by atoms with E-state index in [1.807, 2.05) is 48.7 Å². The lowest BCUT2D eigenvalue weighted by molar-refractivity contribution is 0.476. The number of benzene rings is 2. The number of rotatable bonds is 4. The second kappa shape index (κ2) is 6.54. The number of aromatic hydroxyl groups is 1. The molecule has 0 aliphatic heterocycles. The highest BCUT2D eigenvalue weighted by Gasteiger charge is 2.12. The molecule has 2 aromatic carbocycles. The van der Waals surface area contributed by atoms with Crippen molar-refractivity contribution in [2.75, 3.05) is 5.32 Å². The molecule has 0 saturated carbocycles. The topological polar surface area (TPSA) is 91.1 Å². The van der Waals surface area contributed by atoms with E-state index in [4.69, 9.17) is 11.6 Å². The van der Waals surface area contributed by atoms with E-state index >= 15 is 0 Å². The molecule has 28 heavy (non-hydrogen) atoms. The van der Waals surface area contributed by atoms with Crippen molar-refractivity contribution in [3.05, 3.63) is 77.2 Å². The maximum atomic E-state index is 9.79. The summed E-state index contributed by atoms with van der Waals surface area (Å²) in [5, 5.41) is 27.7. The lowest BCUT2D eigenvalue weighted by Crippen LogP contribution is -2.03. The Hall–Kier alpha value is -3.58. The summed E-state index contributed by atoms with van der Waals surface area (Å²) in [6, 6.07) is 16.4. The predicted molar refractivity (Wildman–Crippen MR) is 108 cm³/mol. The molecule has 138 valence electrons. The van der Waals surface area contributed by atoms with Crippen molar-refractivity contribution < 1.29 is 5.11 Å². The third-order valence-electron chi connectivity index (χ3n) is 4.52. The molecule has 0 atom stereocenters. The Morgan fingerprint density at radius 2 is 2.00 bits per heavy atom. The highest BCUT2D eigenvalue weighted by atomic mass is 35.5. The minimum atomic E-state index is 0.227. The number of fused-ring (bicyclic) bond motifs is 2. The van der Waals surface area contributed by atoms with Crippen LogP contribution in [-0.4, -0.2) is 29.9 Å². The van der Waals surface area contributed by atoms with Gasteiger partial charge >= 0.3 is 0 Å². The molecular weight excluding hydrogens is 376 g/mol. The Kier molecular flexibility index (Phi) is 3.87. The lowest BCUT2D eigenvalue weighted by Gasteiger charge is -2.06. The number of nitrogens with zero attached hydrogens (tertiary/aromatic N) is 4. The van der Waals surface area contributed by atoms with Crippen molar-refractivity contribution in [3.63, 3.8) is 0 Å². The molecule has 0 spiro atoms. The quantitative estimate of drug-likeness (QED) is 0.425. The molecule has 0 saturated heterocycles. The zero-order valence-corrected chi connectivity index (χ0v) is 15.4. The number of aromatic nitrogens is 5. The fourth-order valence-corrected chi connectivity index (χ4v) is 3.40. The molecule has 0 fully saturated rings. The first kappa shape index (κ1) is 16.6. The van der Waals surface area contributed by atoms with Crippen LogP contribution in [0, 0.1) is 0 Å². The highest BCUT2D eigenvalue weighted by molar-refractivity contribution is 6.30. The molecule has 0 bridgehead atoms. The molecule has 0 aliphatic rings. The molecule has 3 heterocycles. The third-order valence-corrected chi connectivity index (χ3v) is 4.76. The van der Waals surface area contributed by atoms with E-state index in [1.165, 1.54) is 0 Å². The van der Waals surface area contributed by atoms with E-state index in [2.05, 4.69) is 25.6 Å². The molecule has 3 aromatic heterocycles. The predicted octanol–water partition coefficient (Wildman–Crippen LogP) is 4.30. The van der Waals surface area contributed by atoms with Crippen LogP contribution < -0.4 is 5.32 Å². The van der Waals surface area contributed by atoms with Crippen molar-refractivity contribution in [2.45, 2.75) is 6.42 Å². The second-order valence-electron chi connectivity index (χ2n) is 6.46. The Balaban J connectivity index is 1.50. The molecule has 5 rings (SSSR count). The second-order valence-corrected chi connectivity index (χ2v) is 6.90. The normalized spacial score (nSPS) is 11.3. The standard InChI is InChI=1S/C20H15ClN6O/c21-13-2-1-3-14(9-13)23-18-6-7-19-24-25-20(27(19)26-18)8-12-11-22-17-5-4-15(28)10-16(12)17/h1-7,9-11,22,28H,8H2,(H,23,26). The molecule has 8 heteroatoms. The molecule has 5 aromatic rings. The van der Waals surface area contributed by atoms with Crippen LogP contribution in [0.3, 0.4) is 0 Å². The van der Waals surface area contributed by atoms with Gasteiger partial charge in [0.25, 0.3) is 0 Å². The van der Waals surface area contributed by atoms with E-state index in [9.17, 15) is 5.11 Å². The number of phenols is 1. The van der Waals surface area contributed by atoms with E-state index in [0.29, 0.717) is 28.7 Å². The minimum absolute atomic E-state index is 0.227. The minimum Gasteiger partial charge on any atom is -0.508 e. The van der Waals surface area contributed by atoms with Crippen molar-refractivity contribution in [2.24, 2.45) is 0 Å². The number of hydrogen-bond acceptors (Lipinski definition) is 5. The van der Waals surface area contributed by atoms with Gasteiger partial charge in [0.2, 0.25) is 0 Å². The largest absolute Gasteiger partial charge is 0.508 e. The lowest BCUT2D eigenvalue weighted by atomic mass is 10.1. The molecule has 0 amide bonds.